The molecule has 102 valence electrons. The molecule has 0 aromatic heterocycles. The number of rotatable bonds is 6. The maximum Gasteiger partial charge on any atom is 0.522 e. The fraction of sp³-hybridized carbons (Fsp3) is 0.400. The summed E-state index contributed by atoms with van der Waals surface area (Å²) >= 11 is 0. The Morgan fingerprint density at radius 1 is 1.11 bits per heavy atom. The summed E-state index contributed by atoms with van der Waals surface area (Å²) in [6.07, 6.45) is -4.66. The molecule has 8 heteroatoms. The molecule has 1 rings (SSSR count). The number of ether oxygens (including phenoxy) is 2. The number of halogens is 5. The number of alkyl halides is 5. The molecule has 3 nitrogen and oxygen atoms in total. The first-order valence-electron chi connectivity index (χ1n) is 4.86. The van der Waals surface area contributed by atoms with Crippen molar-refractivity contribution >= 4 is 5.69 Å². The fourth-order valence-electron chi connectivity index (χ4n) is 1.12. The summed E-state index contributed by atoms with van der Waals surface area (Å²) in [6.45, 7) is -3.52. The second kappa shape index (κ2) is 6.39. The van der Waals surface area contributed by atoms with E-state index >= 15 is 0 Å². The predicted octanol–water partition coefficient (Wildman–Crippen LogP) is 3.24. The smallest absolute Gasteiger partial charge is 0.435 e. The van der Waals surface area contributed by atoms with Crippen molar-refractivity contribution in [3.63, 3.8) is 0 Å². The molecule has 0 heterocycles. The molecule has 0 saturated carbocycles. The zero-order chi connectivity index (χ0) is 13.6. The zero-order valence-corrected chi connectivity index (χ0v) is 9.01. The lowest BCUT2D eigenvalue weighted by Crippen LogP contribution is -2.19. The molecule has 0 amide bonds. The van der Waals surface area contributed by atoms with Crippen LogP contribution in [0.3, 0.4) is 0 Å². The Morgan fingerprint density at radius 3 is 2.22 bits per heavy atom. The van der Waals surface area contributed by atoms with Crippen molar-refractivity contribution in [3.8, 4) is 5.75 Å². The molecule has 0 spiro atoms. The molecule has 0 fully saturated rings. The van der Waals surface area contributed by atoms with Crippen LogP contribution in [-0.4, -0.2) is 26.1 Å². The first kappa shape index (κ1) is 14.5. The van der Waals surface area contributed by atoms with Gasteiger partial charge in [0.05, 0.1) is 6.61 Å². The van der Waals surface area contributed by atoms with Crippen LogP contribution >= 0.6 is 0 Å². The molecule has 1 aromatic rings. The van der Waals surface area contributed by atoms with Crippen LogP contribution in [0.1, 0.15) is 0 Å². The number of hydrogen-bond acceptors (Lipinski definition) is 3. The lowest BCUT2D eigenvalue weighted by Gasteiger charge is -2.10. The molecule has 0 aliphatic rings. The third kappa shape index (κ3) is 6.24. The molecular weight excluding hydrogens is 261 g/mol. The van der Waals surface area contributed by atoms with Crippen LogP contribution in [0.4, 0.5) is 27.6 Å². The van der Waals surface area contributed by atoms with E-state index in [0.717, 1.165) is 0 Å². The van der Waals surface area contributed by atoms with Crippen molar-refractivity contribution in [1.29, 1.82) is 0 Å². The zero-order valence-electron chi connectivity index (χ0n) is 9.01. The van der Waals surface area contributed by atoms with E-state index in [1.807, 2.05) is 0 Å². The second-order valence-corrected chi connectivity index (χ2v) is 3.12. The van der Waals surface area contributed by atoms with Gasteiger partial charge in [-0.15, -0.1) is 13.2 Å². The molecule has 18 heavy (non-hydrogen) atoms. The van der Waals surface area contributed by atoms with Gasteiger partial charge in [-0.3, -0.25) is 4.74 Å². The Balaban J connectivity index is 2.31. The summed E-state index contributed by atoms with van der Waals surface area (Å²) in [5.74, 6) is -0.0258. The lowest BCUT2D eigenvalue weighted by molar-refractivity contribution is -0.322. The van der Waals surface area contributed by atoms with E-state index in [1.165, 1.54) is 24.3 Å². The highest BCUT2D eigenvalue weighted by atomic mass is 19.4. The monoisotopic (exact) mass is 271 g/mol. The van der Waals surface area contributed by atoms with Crippen molar-refractivity contribution in [2.75, 3.05) is 18.5 Å². The Hall–Kier alpha value is -1.57. The molecule has 1 aromatic carbocycles. The van der Waals surface area contributed by atoms with Crippen LogP contribution in [0.25, 0.3) is 0 Å². The van der Waals surface area contributed by atoms with Crippen molar-refractivity contribution < 1.29 is 31.4 Å². The quantitative estimate of drug-likeness (QED) is 0.636. The average molecular weight is 271 g/mol. The minimum Gasteiger partial charge on any atom is -0.435 e. The molecule has 0 aliphatic heterocycles. The summed E-state index contributed by atoms with van der Waals surface area (Å²) in [4.78, 5) is 0. The number of benzene rings is 1. The van der Waals surface area contributed by atoms with Gasteiger partial charge in [0.1, 0.15) is 5.75 Å². The summed E-state index contributed by atoms with van der Waals surface area (Å²) < 4.78 is 66.1. The molecule has 0 atom stereocenters. The third-order valence-corrected chi connectivity index (χ3v) is 1.78. The van der Waals surface area contributed by atoms with E-state index in [0.29, 0.717) is 5.69 Å². The number of anilines is 1. The van der Waals surface area contributed by atoms with E-state index in [2.05, 4.69) is 14.8 Å². The fourth-order valence-corrected chi connectivity index (χ4v) is 1.12. The Morgan fingerprint density at radius 2 is 1.72 bits per heavy atom. The van der Waals surface area contributed by atoms with Crippen LogP contribution in [0, 0.1) is 0 Å². The van der Waals surface area contributed by atoms with Crippen LogP contribution in [0.5, 0.6) is 5.75 Å². The maximum absolute atomic E-state index is 11.8. The first-order valence-corrected chi connectivity index (χ1v) is 4.86. The lowest BCUT2D eigenvalue weighted by atomic mass is 10.3. The Labute approximate surface area is 99.5 Å². The molecule has 0 bridgehead atoms. The molecule has 0 radical (unpaired) electrons. The van der Waals surface area contributed by atoms with Gasteiger partial charge in [0.25, 0.3) is 0 Å². The predicted molar refractivity (Wildman–Crippen MR) is 53.6 cm³/mol. The maximum atomic E-state index is 11.8. The SMILES string of the molecule is FC(F)Oc1ccc(NCCOC(F)(F)F)cc1. The van der Waals surface area contributed by atoms with Gasteiger partial charge < -0.3 is 10.1 Å². The van der Waals surface area contributed by atoms with Gasteiger partial charge in [0.2, 0.25) is 0 Å². The molecule has 0 aliphatic carbocycles. The highest BCUT2D eigenvalue weighted by Crippen LogP contribution is 2.18. The van der Waals surface area contributed by atoms with Crippen molar-refractivity contribution in [1.82, 2.24) is 0 Å². The second-order valence-electron chi connectivity index (χ2n) is 3.12. The number of nitrogens with one attached hydrogen (secondary N) is 1. The summed E-state index contributed by atoms with van der Waals surface area (Å²) in [5, 5.41) is 2.63. The normalized spacial score (nSPS) is 11.7. The van der Waals surface area contributed by atoms with Crippen LogP contribution in [0.2, 0.25) is 0 Å². The third-order valence-electron chi connectivity index (χ3n) is 1.78. The van der Waals surface area contributed by atoms with Crippen molar-refractivity contribution in [3.05, 3.63) is 24.3 Å². The number of hydrogen-bond donors (Lipinski definition) is 1. The van der Waals surface area contributed by atoms with Gasteiger partial charge in [-0.1, -0.05) is 0 Å². The summed E-state index contributed by atoms with van der Waals surface area (Å²) in [6, 6.07) is 5.37. The average Bonchev–Trinajstić information content (AvgIpc) is 2.24. The van der Waals surface area contributed by atoms with Crippen LogP contribution < -0.4 is 10.1 Å². The highest BCUT2D eigenvalue weighted by Gasteiger charge is 2.28. The molecule has 0 saturated heterocycles. The van der Waals surface area contributed by atoms with Gasteiger partial charge in [0.15, 0.2) is 0 Å². The standard InChI is InChI=1S/C10H10F5NO2/c11-9(12)18-8-3-1-7(2-4-8)16-5-6-17-10(13,14)15/h1-4,9,16H,5-6H2. The van der Waals surface area contributed by atoms with E-state index in [1.54, 1.807) is 0 Å². The van der Waals surface area contributed by atoms with Gasteiger partial charge >= 0.3 is 13.0 Å². The molecular formula is C10H10F5NO2. The summed E-state index contributed by atoms with van der Waals surface area (Å²) in [7, 11) is 0. The van der Waals surface area contributed by atoms with E-state index in [4.69, 9.17) is 0 Å². The molecule has 1 N–H and O–H groups in total. The van der Waals surface area contributed by atoms with E-state index < -0.39 is 19.6 Å². The van der Waals surface area contributed by atoms with Gasteiger partial charge in [-0.05, 0) is 24.3 Å². The highest BCUT2D eigenvalue weighted by molar-refractivity contribution is 5.46. The van der Waals surface area contributed by atoms with Gasteiger partial charge in [0, 0.05) is 12.2 Å². The van der Waals surface area contributed by atoms with Crippen molar-refractivity contribution in [2.45, 2.75) is 13.0 Å². The minimum atomic E-state index is -4.66. The van der Waals surface area contributed by atoms with E-state index in [-0.39, 0.29) is 12.3 Å². The minimum absolute atomic E-state index is 0.0258. The largest absolute Gasteiger partial charge is 0.522 e. The summed E-state index contributed by atoms with van der Waals surface area (Å²) in [5.41, 5.74) is 0.474. The van der Waals surface area contributed by atoms with Gasteiger partial charge in [-0.2, -0.15) is 8.78 Å². The first-order chi connectivity index (χ1) is 8.37. The molecule has 0 unspecified atom stereocenters. The van der Waals surface area contributed by atoms with Crippen LogP contribution in [-0.2, 0) is 4.74 Å². The Kier molecular flexibility index (Phi) is 5.14. The van der Waals surface area contributed by atoms with Crippen molar-refractivity contribution in [2.24, 2.45) is 0 Å². The Bertz CT molecular complexity index is 352. The topological polar surface area (TPSA) is 30.5 Å². The van der Waals surface area contributed by atoms with Gasteiger partial charge in [-0.25, -0.2) is 0 Å². The van der Waals surface area contributed by atoms with Crippen LogP contribution in [0.15, 0.2) is 24.3 Å². The van der Waals surface area contributed by atoms with E-state index in [9.17, 15) is 22.0 Å².